The molecule has 0 bridgehead atoms. The smallest absolute Gasteiger partial charge is 0.387 e. The Kier molecular flexibility index (Phi) is 19.8. The van der Waals surface area contributed by atoms with Crippen LogP contribution in [0.4, 0.5) is 10.2 Å². The second-order valence-electron chi connectivity index (χ2n) is 15.2. The van der Waals surface area contributed by atoms with Gasteiger partial charge in [0, 0.05) is 6.61 Å². The lowest BCUT2D eigenvalue weighted by molar-refractivity contribution is -0.0901. The summed E-state index contributed by atoms with van der Waals surface area (Å²) in [5, 5.41) is 35.2. The van der Waals surface area contributed by atoms with Gasteiger partial charge in [0.1, 0.15) is 53.7 Å². The lowest BCUT2D eigenvalue weighted by Crippen LogP contribution is -2.39. The van der Waals surface area contributed by atoms with Crippen molar-refractivity contribution in [2.24, 2.45) is 0 Å². The summed E-state index contributed by atoms with van der Waals surface area (Å²) in [4.78, 5) is 14.5. The van der Waals surface area contributed by atoms with E-state index in [0.717, 1.165) is 19.3 Å². The van der Waals surface area contributed by atoms with Gasteiger partial charge >= 0.3 is 7.82 Å². The number of aliphatic hydroxyl groups is 2. The first kappa shape index (κ1) is 46.7. The Bertz CT molecular complexity index is 1730. The normalized spacial score (nSPS) is 21.2. The lowest BCUT2D eigenvalue weighted by atomic mass is 9.93. The molecule has 0 amide bonds. The highest BCUT2D eigenvalue weighted by Gasteiger charge is 2.54. The molecule has 16 heteroatoms. The lowest BCUT2D eigenvalue weighted by Gasteiger charge is -2.27. The molecule has 1 aliphatic rings. The van der Waals surface area contributed by atoms with Crippen molar-refractivity contribution in [3.05, 3.63) is 59.3 Å². The largest absolute Gasteiger partial charge is 0.472 e. The van der Waals surface area contributed by atoms with Crippen molar-refractivity contribution in [1.29, 1.82) is 5.26 Å². The number of anilines is 1. The minimum absolute atomic E-state index is 0.0362. The average molecular weight is 820 g/mol. The van der Waals surface area contributed by atoms with E-state index < -0.39 is 56.9 Å². The number of nitrogens with zero attached hydrogens (tertiary/aromatic N) is 4. The van der Waals surface area contributed by atoms with E-state index >= 15 is 0 Å². The Morgan fingerprint density at radius 3 is 2.23 bits per heavy atom. The highest BCUT2D eigenvalue weighted by Crippen LogP contribution is 2.46. The molecule has 0 saturated carbocycles. The molecule has 1 saturated heterocycles. The van der Waals surface area contributed by atoms with Crippen LogP contribution < -0.4 is 5.73 Å². The number of ether oxygens (including phenoxy) is 3. The Morgan fingerprint density at radius 2 is 1.60 bits per heavy atom. The molecule has 0 aliphatic carbocycles. The van der Waals surface area contributed by atoms with Gasteiger partial charge in [0.25, 0.3) is 0 Å². The predicted molar refractivity (Wildman–Crippen MR) is 213 cm³/mol. The maximum absolute atomic E-state index is 13.9. The number of nitrogen functional groups attached to an aromatic ring is 1. The molecule has 3 aromatic rings. The van der Waals surface area contributed by atoms with E-state index in [-0.39, 0.29) is 24.6 Å². The van der Waals surface area contributed by atoms with Crippen LogP contribution in [0.15, 0.2) is 36.7 Å². The molecule has 0 spiro atoms. The molecule has 1 unspecified atom stereocenters. The van der Waals surface area contributed by atoms with Crippen LogP contribution in [0.2, 0.25) is 0 Å². The summed E-state index contributed by atoms with van der Waals surface area (Å²) in [5.74, 6) is -0.435. The van der Waals surface area contributed by atoms with Crippen LogP contribution in [0.1, 0.15) is 133 Å². The molecule has 1 aliphatic heterocycles. The molecule has 4 rings (SSSR count). The molecule has 1 aromatic carbocycles. The van der Waals surface area contributed by atoms with Crippen molar-refractivity contribution in [3.63, 3.8) is 0 Å². The SMILES string of the molecule is CCCCCCCCCCCCCCCCCCOC[C@H](COP(=O)(O)OC[C@H]1O[C@@](C)(c2ccc3c(N)ncnn23)[C@H](O)[C@@H]1O)OCc1ccc(F)c(C#N)c1. The average Bonchev–Trinajstić information content (AvgIpc) is 3.74. The molecular weight excluding hydrogens is 756 g/mol. The number of aromatic nitrogens is 3. The highest BCUT2D eigenvalue weighted by molar-refractivity contribution is 7.47. The number of phosphoric ester groups is 1. The Balaban J connectivity index is 1.18. The third kappa shape index (κ3) is 14.6. The zero-order valence-electron chi connectivity index (χ0n) is 33.6. The fourth-order valence-electron chi connectivity index (χ4n) is 7.11. The van der Waals surface area contributed by atoms with Crippen LogP contribution >= 0.6 is 7.82 Å². The Labute approximate surface area is 336 Å². The number of hydrogen-bond acceptors (Lipinski definition) is 12. The number of unbranched alkanes of at least 4 members (excludes halogenated alkanes) is 15. The van der Waals surface area contributed by atoms with Crippen molar-refractivity contribution >= 4 is 19.2 Å². The number of nitrogens with two attached hydrogens (primary N) is 1. The van der Waals surface area contributed by atoms with Gasteiger partial charge in [-0.1, -0.05) is 109 Å². The standard InChI is InChI=1S/C41H63FN5O9P/c1-3-4-5-6-7-8-9-10-11-12-13-14-15-16-17-18-23-52-27-33(53-26-31-19-20-34(42)32(24-31)25-43)28-54-57(50,51)55-29-36-38(48)39(49)41(2,56-36)37-22-21-35-40(44)45-30-46-47(35)37/h19-22,24,30,33,36,38-39,48-49H,3-18,23,26-29H2,1-2H3,(H,50,51)(H2,44,45,46)/t33-,36-,38-,39-,41+/m1/s1. The molecule has 1 fully saturated rings. The van der Waals surface area contributed by atoms with Crippen LogP contribution in [-0.4, -0.2) is 80.5 Å². The third-order valence-corrected chi connectivity index (χ3v) is 11.5. The van der Waals surface area contributed by atoms with Crippen LogP contribution in [0, 0.1) is 17.1 Å². The van der Waals surface area contributed by atoms with Gasteiger partial charge in [-0.3, -0.25) is 9.05 Å². The van der Waals surface area contributed by atoms with Gasteiger partial charge in [0.15, 0.2) is 5.82 Å². The van der Waals surface area contributed by atoms with Crippen molar-refractivity contribution in [2.45, 2.75) is 153 Å². The van der Waals surface area contributed by atoms with Crippen LogP contribution in [-0.2, 0) is 40.0 Å². The molecule has 14 nitrogen and oxygen atoms in total. The monoisotopic (exact) mass is 819 g/mol. The molecular formula is C41H63FN5O9P. The van der Waals surface area contributed by atoms with Crippen molar-refractivity contribution < 1.29 is 47.3 Å². The molecule has 318 valence electrons. The summed E-state index contributed by atoms with van der Waals surface area (Å²) in [6.07, 6.45) is 16.5. The van der Waals surface area contributed by atoms with Crippen LogP contribution in [0.25, 0.3) is 5.52 Å². The number of fused-ring (bicyclic) bond motifs is 1. The van der Waals surface area contributed by atoms with E-state index in [9.17, 15) is 29.3 Å². The van der Waals surface area contributed by atoms with E-state index in [1.165, 1.54) is 113 Å². The zero-order valence-corrected chi connectivity index (χ0v) is 34.5. The van der Waals surface area contributed by atoms with Gasteiger partial charge in [0.05, 0.1) is 37.7 Å². The molecule has 0 radical (unpaired) electrons. The molecule has 3 heterocycles. The summed E-state index contributed by atoms with van der Waals surface area (Å²) in [5.41, 5.74) is 5.72. The first-order valence-electron chi connectivity index (χ1n) is 20.6. The summed E-state index contributed by atoms with van der Waals surface area (Å²) < 4.78 is 56.6. The highest BCUT2D eigenvalue weighted by atomic mass is 31.2. The van der Waals surface area contributed by atoms with E-state index in [2.05, 4.69) is 17.0 Å². The topological polar surface area (TPSA) is 204 Å². The van der Waals surface area contributed by atoms with Gasteiger partial charge in [-0.15, -0.1) is 0 Å². The number of benzene rings is 1. The van der Waals surface area contributed by atoms with Gasteiger partial charge in [-0.25, -0.2) is 18.5 Å². The second-order valence-corrected chi connectivity index (χ2v) is 16.6. The molecule has 5 N–H and O–H groups in total. The van der Waals surface area contributed by atoms with Gasteiger partial charge < -0.3 is 35.1 Å². The van der Waals surface area contributed by atoms with Crippen LogP contribution in [0.3, 0.4) is 0 Å². The van der Waals surface area contributed by atoms with Crippen molar-refractivity contribution in [1.82, 2.24) is 14.6 Å². The Hall–Kier alpha value is -3.03. The van der Waals surface area contributed by atoms with Crippen molar-refractivity contribution in [2.75, 3.05) is 32.2 Å². The second kappa shape index (κ2) is 24.1. The number of hydrogen-bond donors (Lipinski definition) is 4. The minimum Gasteiger partial charge on any atom is -0.387 e. The maximum Gasteiger partial charge on any atom is 0.472 e. The summed E-state index contributed by atoms with van der Waals surface area (Å²) in [6.45, 7) is 3.29. The number of aliphatic hydroxyl groups excluding tert-OH is 2. The van der Waals surface area contributed by atoms with E-state index in [1.807, 2.05) is 0 Å². The van der Waals surface area contributed by atoms with Gasteiger partial charge in [-0.05, 0) is 43.2 Å². The van der Waals surface area contributed by atoms with Crippen molar-refractivity contribution in [3.8, 4) is 6.07 Å². The fraction of sp³-hybridized carbons (Fsp3) is 0.683. The van der Waals surface area contributed by atoms with Gasteiger partial charge in [-0.2, -0.15) is 10.4 Å². The fourth-order valence-corrected chi connectivity index (χ4v) is 7.88. The molecule has 57 heavy (non-hydrogen) atoms. The van der Waals surface area contributed by atoms with E-state index in [1.54, 1.807) is 25.1 Å². The number of nitriles is 1. The summed E-state index contributed by atoms with van der Waals surface area (Å²) in [7, 11) is -4.73. The van der Waals surface area contributed by atoms with Gasteiger partial charge in [0.2, 0.25) is 0 Å². The van der Waals surface area contributed by atoms with Crippen LogP contribution in [0.5, 0.6) is 0 Å². The quantitative estimate of drug-likeness (QED) is 0.0393. The predicted octanol–water partition coefficient (Wildman–Crippen LogP) is 7.66. The summed E-state index contributed by atoms with van der Waals surface area (Å²) in [6, 6.07) is 9.12. The first-order valence-corrected chi connectivity index (χ1v) is 22.1. The molecule has 2 aromatic heterocycles. The minimum atomic E-state index is -4.73. The maximum atomic E-state index is 13.9. The first-order chi connectivity index (χ1) is 27.5. The summed E-state index contributed by atoms with van der Waals surface area (Å²) >= 11 is 0. The third-order valence-electron chi connectivity index (χ3n) is 10.6. The number of rotatable bonds is 29. The number of halogens is 1. The molecule has 6 atom stereocenters. The van der Waals surface area contributed by atoms with E-state index in [4.69, 9.17) is 29.0 Å². The zero-order chi connectivity index (χ0) is 41.1. The Morgan fingerprint density at radius 1 is 0.965 bits per heavy atom. The van der Waals surface area contributed by atoms with E-state index in [0.29, 0.717) is 23.4 Å². The number of phosphoric acid groups is 1.